The Kier molecular flexibility index (Phi) is 15.2. The van der Waals surface area contributed by atoms with Crippen molar-refractivity contribution >= 4 is 72.6 Å². The normalized spacial score (nSPS) is 12.9. The van der Waals surface area contributed by atoms with E-state index in [1.54, 1.807) is 24.8 Å². The third-order valence-corrected chi connectivity index (χ3v) is 4.74. The molecule has 204 valence electrons. The van der Waals surface area contributed by atoms with Crippen LogP contribution in [-0.4, -0.2) is 85.3 Å². The summed E-state index contributed by atoms with van der Waals surface area (Å²) in [5.74, 6) is 2.80. The number of ether oxygens (including phenoxy) is 2. The van der Waals surface area contributed by atoms with Crippen molar-refractivity contribution < 1.29 is 14.9 Å². The molecule has 0 bridgehead atoms. The fraction of sp³-hybridized carbons (Fsp3) is 0.300. The van der Waals surface area contributed by atoms with E-state index < -0.39 is 0 Å². The summed E-state index contributed by atoms with van der Waals surface area (Å²) in [5, 5.41) is 6.28. The quantitative estimate of drug-likeness (QED) is 0.334. The van der Waals surface area contributed by atoms with Gasteiger partial charge in [-0.25, -0.2) is 19.9 Å². The Morgan fingerprint density at radius 3 is 1.35 bits per heavy atom. The van der Waals surface area contributed by atoms with Gasteiger partial charge in [-0.15, -0.1) is 49.6 Å². The highest BCUT2D eigenvalue weighted by Crippen LogP contribution is 2.14. The van der Waals surface area contributed by atoms with Gasteiger partial charge in [0, 0.05) is 62.7 Å². The highest BCUT2D eigenvalue weighted by Gasteiger charge is 2.10. The third kappa shape index (κ3) is 8.47. The molecule has 0 unspecified atom stereocenters. The average molecular weight is 598 g/mol. The first-order valence-electron chi connectivity index (χ1n) is 10.2. The Morgan fingerprint density at radius 1 is 0.622 bits per heavy atom. The predicted octanol–water partition coefficient (Wildman–Crippen LogP) is 1.08. The molecule has 2 aliphatic heterocycles. The molecule has 0 atom stereocenters. The summed E-state index contributed by atoms with van der Waals surface area (Å²) in [4.78, 5) is 25.1. The minimum Gasteiger partial charge on any atom is -0.467 e. The van der Waals surface area contributed by atoms with E-state index in [2.05, 4.69) is 40.6 Å². The summed E-state index contributed by atoms with van der Waals surface area (Å²) in [7, 11) is 0. The van der Waals surface area contributed by atoms with Crippen LogP contribution >= 0.6 is 49.6 Å². The number of nitrogens with zero attached hydrogens (tertiary/aromatic N) is 8. The number of aromatic nitrogens is 6. The van der Waals surface area contributed by atoms with Gasteiger partial charge < -0.3 is 34.4 Å². The van der Waals surface area contributed by atoms with E-state index in [-0.39, 0.29) is 55.1 Å². The smallest absolute Gasteiger partial charge is 0.258 e. The van der Waals surface area contributed by atoms with Crippen LogP contribution in [-0.2, 0) is 0 Å². The lowest BCUT2D eigenvalue weighted by Crippen LogP contribution is -2.25. The summed E-state index contributed by atoms with van der Waals surface area (Å²) in [5.41, 5.74) is 1.45. The molecule has 0 radical (unpaired) electrons. The van der Waals surface area contributed by atoms with Crippen molar-refractivity contribution in [1.29, 1.82) is 0 Å². The fourth-order valence-electron chi connectivity index (χ4n) is 3.22. The number of halogens is 4. The maximum Gasteiger partial charge on any atom is 0.258 e. The zero-order valence-electron chi connectivity index (χ0n) is 19.4. The molecule has 6 heterocycles. The maximum absolute atomic E-state index is 5.57. The molecule has 37 heavy (non-hydrogen) atoms. The van der Waals surface area contributed by atoms with Gasteiger partial charge in [0.05, 0.1) is 13.1 Å². The first kappa shape index (κ1) is 33.9. The van der Waals surface area contributed by atoms with Gasteiger partial charge in [0.1, 0.15) is 24.9 Å². The molecular weight excluding hydrogens is 570 g/mol. The lowest BCUT2D eigenvalue weighted by molar-refractivity contribution is 0.360. The van der Waals surface area contributed by atoms with E-state index in [1.165, 1.54) is 0 Å². The van der Waals surface area contributed by atoms with Crippen molar-refractivity contribution in [1.82, 2.24) is 39.4 Å². The number of rotatable bonds is 6. The highest BCUT2D eigenvalue weighted by molar-refractivity contribution is 5.86. The van der Waals surface area contributed by atoms with Crippen LogP contribution < -0.4 is 20.1 Å². The molecule has 0 aromatic carbocycles. The van der Waals surface area contributed by atoms with Crippen LogP contribution in [0.2, 0.25) is 0 Å². The molecular formula is C20H28Cl4N10O3. The largest absolute Gasteiger partial charge is 0.467 e. The molecule has 0 amide bonds. The monoisotopic (exact) mass is 596 g/mol. The van der Waals surface area contributed by atoms with E-state index in [1.807, 2.05) is 33.6 Å². The number of amidine groups is 2. The predicted molar refractivity (Wildman–Crippen MR) is 150 cm³/mol. The van der Waals surface area contributed by atoms with Crippen LogP contribution in [0.25, 0.3) is 11.3 Å². The van der Waals surface area contributed by atoms with Crippen LogP contribution in [0.5, 0.6) is 11.8 Å². The summed E-state index contributed by atoms with van der Waals surface area (Å²) < 4.78 is 14.9. The van der Waals surface area contributed by atoms with Gasteiger partial charge in [0.2, 0.25) is 0 Å². The van der Waals surface area contributed by atoms with Crippen molar-refractivity contribution in [2.75, 3.05) is 39.4 Å². The van der Waals surface area contributed by atoms with Crippen LogP contribution in [0.1, 0.15) is 0 Å². The first-order valence-corrected chi connectivity index (χ1v) is 10.2. The number of hydrogen-bond acceptors (Lipinski definition) is 10. The third-order valence-electron chi connectivity index (χ3n) is 4.74. The molecule has 0 aliphatic carbocycles. The number of imidazole rings is 2. The van der Waals surface area contributed by atoms with Crippen LogP contribution in [0, 0.1) is 0 Å². The van der Waals surface area contributed by atoms with Crippen molar-refractivity contribution in [3.05, 3.63) is 49.6 Å². The lowest BCUT2D eigenvalue weighted by atomic mass is 10.6. The molecule has 13 nitrogen and oxygen atoms in total. The molecule has 0 saturated heterocycles. The van der Waals surface area contributed by atoms with Crippen molar-refractivity contribution in [3.8, 4) is 11.8 Å². The molecule has 0 spiro atoms. The molecule has 2 aliphatic rings. The number of nitrogens with one attached hydrogen (secondary N) is 2. The molecule has 4 aromatic heterocycles. The number of hydrogen-bond donors (Lipinski definition) is 2. The van der Waals surface area contributed by atoms with Crippen LogP contribution in [0.15, 0.2) is 59.6 Å². The van der Waals surface area contributed by atoms with E-state index in [9.17, 15) is 0 Å². The van der Waals surface area contributed by atoms with E-state index in [0.717, 1.165) is 49.1 Å². The maximum atomic E-state index is 5.57. The molecule has 4 aromatic rings. The lowest BCUT2D eigenvalue weighted by Gasteiger charge is -2.06. The summed E-state index contributed by atoms with van der Waals surface area (Å²) in [6.07, 6.45) is 14.2. The Hall–Kier alpha value is -3.10. The second kappa shape index (κ2) is 16.6. The number of aliphatic imine (C=N–C) groups is 2. The van der Waals surface area contributed by atoms with E-state index in [4.69, 9.17) is 9.47 Å². The van der Waals surface area contributed by atoms with E-state index >= 15 is 0 Å². The molecule has 4 N–H and O–H groups in total. The van der Waals surface area contributed by atoms with Crippen LogP contribution in [0.3, 0.4) is 0 Å². The van der Waals surface area contributed by atoms with Crippen LogP contribution in [0.4, 0.5) is 0 Å². The zero-order valence-corrected chi connectivity index (χ0v) is 22.7. The summed E-state index contributed by atoms with van der Waals surface area (Å²) in [6.45, 7) is 4.25. The topological polar surface area (TPSA) is 159 Å². The summed E-state index contributed by atoms with van der Waals surface area (Å²) >= 11 is 0. The van der Waals surface area contributed by atoms with Gasteiger partial charge in [-0.1, -0.05) is 0 Å². The Balaban J connectivity index is 0.000000617. The van der Waals surface area contributed by atoms with Crippen molar-refractivity contribution in [2.45, 2.75) is 0 Å². The van der Waals surface area contributed by atoms with Crippen molar-refractivity contribution in [3.63, 3.8) is 0 Å². The minimum absolute atomic E-state index is 0. The zero-order chi connectivity index (χ0) is 21.6. The van der Waals surface area contributed by atoms with Gasteiger partial charge in [-0.05, 0) is 0 Å². The minimum atomic E-state index is 0. The molecule has 0 fully saturated rings. The second-order valence-corrected chi connectivity index (χ2v) is 6.87. The summed E-state index contributed by atoms with van der Waals surface area (Å²) in [6, 6.07) is 0. The average Bonchev–Trinajstić information content (AvgIpc) is 3.64. The van der Waals surface area contributed by atoms with Gasteiger partial charge in [0.15, 0.2) is 11.3 Å². The molecule has 17 heteroatoms. The Labute approximate surface area is 237 Å². The number of fused-ring (bicyclic) bond motifs is 2. The SMILES string of the molecule is Cl.Cl.Cl.Cl.O.c1cn2ccnc2c(OCC2=NCCN2)n1.c1cn2ccnc2c(OCC2=NCCN2)n1. The van der Waals surface area contributed by atoms with Crippen molar-refractivity contribution in [2.24, 2.45) is 9.98 Å². The fourth-order valence-corrected chi connectivity index (χ4v) is 3.22. The first-order chi connectivity index (χ1) is 15.9. The van der Waals surface area contributed by atoms with Gasteiger partial charge in [0.25, 0.3) is 11.8 Å². The second-order valence-electron chi connectivity index (χ2n) is 6.87. The van der Waals surface area contributed by atoms with E-state index in [0.29, 0.717) is 25.0 Å². The molecule has 0 saturated carbocycles. The molecule has 6 rings (SSSR count). The Bertz CT molecular complexity index is 1190. The standard InChI is InChI=1S/2C10H11N5O.4ClH.H2O/c2*1-2-12-8(11-1)7-16-10-9-13-3-5-15(9)6-4-14-10;;;;;/h2*3-6H,1-2,7H2,(H,11,12);4*1H;1H2. The van der Waals surface area contributed by atoms with Gasteiger partial charge >= 0.3 is 0 Å². The highest BCUT2D eigenvalue weighted by atomic mass is 35.5. The Morgan fingerprint density at radius 2 is 1.00 bits per heavy atom. The van der Waals surface area contributed by atoms with Gasteiger partial charge in [-0.3, -0.25) is 9.98 Å². The van der Waals surface area contributed by atoms with Gasteiger partial charge in [-0.2, -0.15) is 0 Å².